The molecule has 0 bridgehead atoms. The Morgan fingerprint density at radius 1 is 1.21 bits per heavy atom. The highest BCUT2D eigenvalue weighted by molar-refractivity contribution is 5.98. The zero-order valence-electron chi connectivity index (χ0n) is 15.4. The van der Waals surface area contributed by atoms with Crippen molar-refractivity contribution < 1.29 is 32.6 Å². The predicted molar refractivity (Wildman–Crippen MR) is 92.2 cm³/mol. The van der Waals surface area contributed by atoms with E-state index < -0.39 is 29.2 Å². The van der Waals surface area contributed by atoms with Gasteiger partial charge in [0.25, 0.3) is 5.91 Å². The molecule has 3 fully saturated rings. The number of hydrogen-bond acceptors (Lipinski definition) is 5. The van der Waals surface area contributed by atoms with Crippen LogP contribution < -0.4 is 10.2 Å². The lowest BCUT2D eigenvalue weighted by atomic mass is 10.0. The van der Waals surface area contributed by atoms with Crippen LogP contribution in [-0.4, -0.2) is 43.3 Å². The zero-order chi connectivity index (χ0) is 20.2. The molecule has 1 saturated heterocycles. The largest absolute Gasteiger partial charge is 0.469 e. The molecule has 9 heteroatoms. The molecule has 7 nitrogen and oxygen atoms in total. The quantitative estimate of drug-likeness (QED) is 0.790. The second-order valence-corrected chi connectivity index (χ2v) is 7.82. The van der Waals surface area contributed by atoms with Crippen LogP contribution in [0.2, 0.25) is 0 Å². The first-order chi connectivity index (χ1) is 13.2. The molecule has 150 valence electrons. The van der Waals surface area contributed by atoms with Crippen molar-refractivity contribution in [1.29, 1.82) is 0 Å². The molecule has 0 aromatic heterocycles. The molecule has 1 aromatic rings. The van der Waals surface area contributed by atoms with Crippen LogP contribution in [0.4, 0.5) is 19.3 Å². The third kappa shape index (κ3) is 3.08. The van der Waals surface area contributed by atoms with E-state index in [-0.39, 0.29) is 42.0 Å². The van der Waals surface area contributed by atoms with Gasteiger partial charge in [-0.1, -0.05) is 0 Å². The lowest BCUT2D eigenvalue weighted by Gasteiger charge is -2.24. The van der Waals surface area contributed by atoms with E-state index in [0.717, 1.165) is 23.5 Å². The normalized spacial score (nSPS) is 33.3. The summed E-state index contributed by atoms with van der Waals surface area (Å²) in [5.41, 5.74) is -1.53. The molecule has 28 heavy (non-hydrogen) atoms. The third-order valence-corrected chi connectivity index (χ3v) is 5.89. The number of carbonyl (C=O) groups is 3. The molecule has 1 aliphatic heterocycles. The number of hydrogen-bond donors (Lipinski definition) is 1. The van der Waals surface area contributed by atoms with E-state index in [2.05, 4.69) is 5.32 Å². The number of amides is 2. The third-order valence-electron chi connectivity index (χ3n) is 5.89. The Labute approximate surface area is 160 Å². The van der Waals surface area contributed by atoms with Gasteiger partial charge in [-0.2, -0.15) is 0 Å². The molecule has 1 N–H and O–H groups in total. The zero-order valence-corrected chi connectivity index (χ0v) is 15.4. The number of ether oxygens (including phenoxy) is 2. The molecule has 1 aromatic carbocycles. The molecule has 2 aliphatic carbocycles. The van der Waals surface area contributed by atoms with Crippen LogP contribution in [-0.2, 0) is 19.1 Å². The second-order valence-electron chi connectivity index (χ2n) is 7.82. The summed E-state index contributed by atoms with van der Waals surface area (Å²) < 4.78 is 37.0. The molecule has 3 aliphatic rings. The first-order valence-corrected chi connectivity index (χ1v) is 9.07. The maximum Gasteiger partial charge on any atom is 0.415 e. The number of esters is 1. The smallest absolute Gasteiger partial charge is 0.415 e. The Bertz CT molecular complexity index is 842. The number of nitrogens with zero attached hydrogens (tertiary/aromatic N) is 1. The molecular weight excluding hydrogens is 374 g/mol. The molecular formula is C19H20F2N2O5. The predicted octanol–water partition coefficient (Wildman–Crippen LogP) is 1.99. The van der Waals surface area contributed by atoms with E-state index in [1.165, 1.54) is 14.0 Å². The first-order valence-electron chi connectivity index (χ1n) is 9.07. The van der Waals surface area contributed by atoms with E-state index in [1.807, 2.05) is 0 Å². The maximum atomic E-state index is 13.5. The van der Waals surface area contributed by atoms with Gasteiger partial charge in [-0.25, -0.2) is 13.6 Å². The van der Waals surface area contributed by atoms with Gasteiger partial charge in [0, 0.05) is 12.1 Å². The molecule has 2 saturated carbocycles. The van der Waals surface area contributed by atoms with Crippen LogP contribution in [0.3, 0.4) is 0 Å². The van der Waals surface area contributed by atoms with E-state index in [0.29, 0.717) is 12.5 Å². The monoisotopic (exact) mass is 394 g/mol. The summed E-state index contributed by atoms with van der Waals surface area (Å²) in [5, 5.41) is 2.88. The van der Waals surface area contributed by atoms with Crippen molar-refractivity contribution >= 4 is 23.7 Å². The van der Waals surface area contributed by atoms with Crippen LogP contribution in [0.15, 0.2) is 18.2 Å². The van der Waals surface area contributed by atoms with Gasteiger partial charge in [0.15, 0.2) is 0 Å². The van der Waals surface area contributed by atoms with Gasteiger partial charge in [0.1, 0.15) is 11.6 Å². The van der Waals surface area contributed by atoms with Gasteiger partial charge in [-0.15, -0.1) is 0 Å². The van der Waals surface area contributed by atoms with Crippen LogP contribution in [0.1, 0.15) is 19.8 Å². The fraction of sp³-hybridized carbons (Fsp3) is 0.526. The standard InChI is InChI=1S/C19H20F2N2O5/c1-19(8-23(18(26)28-19)11-4-9(20)3-10(21)5-11)17(25)22-15-7-14(16(24)27-2)12-6-13(12)15/h3-5,12-15H,6-8H2,1-2H3,(H,22,25)/t12-,13+,14+,15-,19?/m1/s1. The van der Waals surface area contributed by atoms with E-state index in [9.17, 15) is 23.2 Å². The average Bonchev–Trinajstić information content (AvgIpc) is 3.25. The Kier molecular flexibility index (Phi) is 4.28. The number of nitrogens with one attached hydrogen (secondary N) is 1. The van der Waals surface area contributed by atoms with E-state index in [1.54, 1.807) is 0 Å². The number of fused-ring (bicyclic) bond motifs is 1. The van der Waals surface area contributed by atoms with Crippen molar-refractivity contribution in [2.45, 2.75) is 31.4 Å². The van der Waals surface area contributed by atoms with Crippen LogP contribution in [0, 0.1) is 29.4 Å². The van der Waals surface area contributed by atoms with Crippen LogP contribution in [0.5, 0.6) is 0 Å². The number of anilines is 1. The second kappa shape index (κ2) is 6.42. The number of cyclic esters (lactones) is 1. The number of carbonyl (C=O) groups excluding carboxylic acids is 3. The molecule has 2 amide bonds. The average molecular weight is 394 g/mol. The SMILES string of the molecule is COC(=O)[C@H]1C[C@@H](NC(=O)C2(C)CN(c3cc(F)cc(F)c3)C(=O)O2)[C@H]2C[C@H]21. The summed E-state index contributed by atoms with van der Waals surface area (Å²) in [6, 6.07) is 2.50. The van der Waals surface area contributed by atoms with E-state index >= 15 is 0 Å². The number of methoxy groups -OCH3 is 1. The minimum atomic E-state index is -1.51. The summed E-state index contributed by atoms with van der Waals surface area (Å²) in [6.45, 7) is 1.27. The van der Waals surface area contributed by atoms with Gasteiger partial charge >= 0.3 is 12.1 Å². The number of halogens is 2. The van der Waals surface area contributed by atoms with Gasteiger partial charge in [-0.3, -0.25) is 14.5 Å². The highest BCUT2D eigenvalue weighted by Gasteiger charge is 2.58. The summed E-state index contributed by atoms with van der Waals surface area (Å²) in [7, 11) is 1.34. The highest BCUT2D eigenvalue weighted by atomic mass is 19.1. The lowest BCUT2D eigenvalue weighted by molar-refractivity contribution is -0.146. The lowest BCUT2D eigenvalue weighted by Crippen LogP contribution is -2.51. The number of rotatable bonds is 4. The summed E-state index contributed by atoms with van der Waals surface area (Å²) in [5.74, 6) is -2.25. The van der Waals surface area contributed by atoms with Gasteiger partial charge < -0.3 is 14.8 Å². The van der Waals surface area contributed by atoms with Crippen molar-refractivity contribution in [3.63, 3.8) is 0 Å². The number of benzene rings is 1. The van der Waals surface area contributed by atoms with E-state index in [4.69, 9.17) is 9.47 Å². The van der Waals surface area contributed by atoms with Crippen LogP contribution in [0.25, 0.3) is 0 Å². The minimum absolute atomic E-state index is 0.0205. The topological polar surface area (TPSA) is 84.9 Å². The van der Waals surface area contributed by atoms with Crippen molar-refractivity contribution in [2.75, 3.05) is 18.6 Å². The van der Waals surface area contributed by atoms with Crippen molar-refractivity contribution in [1.82, 2.24) is 5.32 Å². The highest BCUT2D eigenvalue weighted by Crippen LogP contribution is 2.55. The minimum Gasteiger partial charge on any atom is -0.469 e. The molecule has 0 spiro atoms. The van der Waals surface area contributed by atoms with Crippen molar-refractivity contribution in [2.24, 2.45) is 17.8 Å². The molecule has 1 unspecified atom stereocenters. The van der Waals surface area contributed by atoms with Gasteiger partial charge in [-0.05, 0) is 43.7 Å². The molecule has 5 atom stereocenters. The summed E-state index contributed by atoms with van der Waals surface area (Å²) in [4.78, 5) is 37.9. The Morgan fingerprint density at radius 2 is 1.89 bits per heavy atom. The summed E-state index contributed by atoms with van der Waals surface area (Å²) in [6.07, 6.45) is 0.470. The molecule has 4 rings (SSSR count). The maximum absolute atomic E-state index is 13.5. The molecule has 0 radical (unpaired) electrons. The molecule has 1 heterocycles. The Morgan fingerprint density at radius 3 is 2.54 bits per heavy atom. The van der Waals surface area contributed by atoms with Crippen molar-refractivity contribution in [3.05, 3.63) is 29.8 Å². The van der Waals surface area contributed by atoms with Crippen molar-refractivity contribution in [3.8, 4) is 0 Å². The first kappa shape index (κ1) is 18.6. The van der Waals surface area contributed by atoms with Gasteiger partial charge in [0.05, 0.1) is 25.3 Å². The van der Waals surface area contributed by atoms with Crippen LogP contribution >= 0.6 is 0 Å². The Hall–Kier alpha value is -2.71. The van der Waals surface area contributed by atoms with Gasteiger partial charge in [0.2, 0.25) is 5.60 Å². The fourth-order valence-electron chi connectivity index (χ4n) is 4.35. The summed E-state index contributed by atoms with van der Waals surface area (Å²) >= 11 is 0. The Balaban J connectivity index is 1.45. The fourth-order valence-corrected chi connectivity index (χ4v) is 4.35.